The van der Waals surface area contributed by atoms with Crippen LogP contribution in [-0.2, 0) is 0 Å². The molecular formula is C27H31N7. The van der Waals surface area contributed by atoms with E-state index in [0.717, 1.165) is 41.8 Å². The summed E-state index contributed by atoms with van der Waals surface area (Å²) < 4.78 is 2.13. The summed E-state index contributed by atoms with van der Waals surface area (Å²) in [6.45, 7) is 8.87. The van der Waals surface area contributed by atoms with Crippen molar-refractivity contribution < 1.29 is 0 Å². The van der Waals surface area contributed by atoms with Gasteiger partial charge < -0.3 is 10.2 Å². The molecule has 0 aliphatic carbocycles. The van der Waals surface area contributed by atoms with E-state index < -0.39 is 0 Å². The fourth-order valence-corrected chi connectivity index (χ4v) is 5.55. The number of aromatic nitrogens is 4. The quantitative estimate of drug-likeness (QED) is 0.459. The largest absolute Gasteiger partial charge is 0.364 e. The standard InChI is InChI=1S/C27H31N7/c1-18(2)33-16-23-14-22(33)17-34(23)27-31-24(15-26-29-11-12-32(26)27)21-9-10-28-25(13-21)30-19(3)20-7-5-4-6-8-20/h4-13,15,18-19,22-23H,14,16-17H2,1-3H3,(H,28,30)/t19-,22?,23?/m0/s1. The van der Waals surface area contributed by atoms with Crippen molar-refractivity contribution in [3.05, 3.63) is 72.7 Å². The minimum Gasteiger partial charge on any atom is -0.364 e. The molecule has 3 atom stereocenters. The third kappa shape index (κ3) is 3.70. The highest BCUT2D eigenvalue weighted by atomic mass is 15.4. The average molecular weight is 454 g/mol. The molecule has 7 nitrogen and oxygen atoms in total. The number of likely N-dealkylation sites (tertiary alicyclic amines) is 1. The third-order valence-electron chi connectivity index (χ3n) is 7.29. The molecule has 2 saturated heterocycles. The molecule has 0 spiro atoms. The molecule has 2 fully saturated rings. The highest BCUT2D eigenvalue weighted by Gasteiger charge is 2.45. The summed E-state index contributed by atoms with van der Waals surface area (Å²) in [5, 5.41) is 3.53. The lowest BCUT2D eigenvalue weighted by Gasteiger charge is -2.37. The predicted molar refractivity (Wildman–Crippen MR) is 136 cm³/mol. The van der Waals surface area contributed by atoms with Gasteiger partial charge in [-0.05, 0) is 44.9 Å². The summed E-state index contributed by atoms with van der Waals surface area (Å²) in [5.41, 5.74) is 4.12. The van der Waals surface area contributed by atoms with Crippen LogP contribution in [0.4, 0.5) is 11.8 Å². The number of anilines is 2. The SMILES string of the molecule is CC(C)N1CC2CC1CN2c1nc(-c2ccnc(N[C@@H](C)c3ccccc3)c2)cc2nccn12. The number of nitrogens with zero attached hydrogens (tertiary/aromatic N) is 6. The summed E-state index contributed by atoms with van der Waals surface area (Å²) in [6, 6.07) is 18.5. The van der Waals surface area contributed by atoms with Crippen LogP contribution in [0, 0.1) is 0 Å². The summed E-state index contributed by atoms with van der Waals surface area (Å²) >= 11 is 0. The second-order valence-corrected chi connectivity index (χ2v) is 9.79. The lowest BCUT2D eigenvalue weighted by molar-refractivity contribution is 0.190. The van der Waals surface area contributed by atoms with Crippen LogP contribution in [0.25, 0.3) is 16.9 Å². The number of pyridine rings is 1. The Bertz CT molecular complexity index is 1300. The van der Waals surface area contributed by atoms with Crippen molar-refractivity contribution in [2.75, 3.05) is 23.3 Å². The van der Waals surface area contributed by atoms with Gasteiger partial charge in [-0.1, -0.05) is 30.3 Å². The normalized spacial score (nSPS) is 21.0. The fourth-order valence-electron chi connectivity index (χ4n) is 5.55. The zero-order valence-electron chi connectivity index (χ0n) is 20.0. The van der Waals surface area contributed by atoms with Crippen molar-refractivity contribution in [2.45, 2.75) is 51.4 Å². The number of rotatable bonds is 6. The number of hydrogen-bond donors (Lipinski definition) is 1. The van der Waals surface area contributed by atoms with Crippen LogP contribution in [0.15, 0.2) is 67.1 Å². The molecule has 6 rings (SSSR count). The number of piperazine rings is 1. The maximum absolute atomic E-state index is 5.17. The van der Waals surface area contributed by atoms with Crippen LogP contribution in [-0.4, -0.2) is 55.5 Å². The van der Waals surface area contributed by atoms with Gasteiger partial charge in [0.1, 0.15) is 11.5 Å². The van der Waals surface area contributed by atoms with Gasteiger partial charge in [-0.15, -0.1) is 0 Å². The van der Waals surface area contributed by atoms with Crippen molar-refractivity contribution >= 4 is 17.4 Å². The zero-order valence-corrected chi connectivity index (χ0v) is 20.0. The van der Waals surface area contributed by atoms with E-state index in [-0.39, 0.29) is 6.04 Å². The molecule has 174 valence electrons. The number of nitrogens with one attached hydrogen (secondary N) is 1. The molecule has 34 heavy (non-hydrogen) atoms. The van der Waals surface area contributed by atoms with E-state index in [4.69, 9.17) is 4.98 Å². The van der Waals surface area contributed by atoms with Crippen molar-refractivity contribution in [2.24, 2.45) is 0 Å². The molecule has 0 radical (unpaired) electrons. The Kier molecular flexibility index (Phi) is 5.21. The van der Waals surface area contributed by atoms with Gasteiger partial charge in [-0.2, -0.15) is 0 Å². The first-order valence-electron chi connectivity index (χ1n) is 12.2. The van der Waals surface area contributed by atoms with Crippen LogP contribution in [0.2, 0.25) is 0 Å². The van der Waals surface area contributed by atoms with Crippen LogP contribution in [0.1, 0.15) is 38.8 Å². The van der Waals surface area contributed by atoms with Gasteiger partial charge in [0.05, 0.1) is 5.69 Å². The van der Waals surface area contributed by atoms with E-state index in [9.17, 15) is 0 Å². The summed E-state index contributed by atoms with van der Waals surface area (Å²) in [4.78, 5) is 19.5. The van der Waals surface area contributed by atoms with Crippen LogP contribution in [0.3, 0.4) is 0 Å². The van der Waals surface area contributed by atoms with Gasteiger partial charge in [0, 0.05) is 67.5 Å². The van der Waals surface area contributed by atoms with E-state index in [1.807, 2.05) is 30.7 Å². The van der Waals surface area contributed by atoms with E-state index in [2.05, 4.69) is 86.7 Å². The molecule has 2 aliphatic heterocycles. The Balaban J connectivity index is 1.31. The highest BCUT2D eigenvalue weighted by molar-refractivity contribution is 5.68. The first-order valence-corrected chi connectivity index (χ1v) is 12.2. The lowest BCUT2D eigenvalue weighted by Crippen LogP contribution is -2.49. The van der Waals surface area contributed by atoms with Crippen molar-refractivity contribution in [3.63, 3.8) is 0 Å². The zero-order chi connectivity index (χ0) is 23.2. The van der Waals surface area contributed by atoms with E-state index in [1.165, 1.54) is 12.0 Å². The van der Waals surface area contributed by atoms with E-state index in [1.54, 1.807) is 0 Å². The van der Waals surface area contributed by atoms with Crippen LogP contribution >= 0.6 is 0 Å². The Hall–Kier alpha value is -3.45. The first kappa shape index (κ1) is 21.1. The Morgan fingerprint density at radius 1 is 0.941 bits per heavy atom. The lowest BCUT2D eigenvalue weighted by atomic mass is 10.1. The minimum absolute atomic E-state index is 0.159. The monoisotopic (exact) mass is 453 g/mol. The Labute approximate surface area is 200 Å². The fraction of sp³-hybridized carbons (Fsp3) is 0.370. The van der Waals surface area contributed by atoms with Gasteiger partial charge in [0.25, 0.3) is 0 Å². The highest BCUT2D eigenvalue weighted by Crippen LogP contribution is 2.36. The van der Waals surface area contributed by atoms with Crippen LogP contribution in [0.5, 0.6) is 0 Å². The molecule has 5 heterocycles. The number of hydrogen-bond acceptors (Lipinski definition) is 6. The Morgan fingerprint density at radius 3 is 2.56 bits per heavy atom. The van der Waals surface area contributed by atoms with Gasteiger partial charge in [-0.3, -0.25) is 9.30 Å². The molecule has 2 unspecified atom stereocenters. The van der Waals surface area contributed by atoms with Crippen LogP contribution < -0.4 is 10.2 Å². The smallest absolute Gasteiger partial charge is 0.212 e. The molecule has 0 saturated carbocycles. The molecule has 1 N–H and O–H groups in total. The molecular weight excluding hydrogens is 422 g/mol. The number of imidazole rings is 1. The molecule has 2 bridgehead atoms. The van der Waals surface area contributed by atoms with Gasteiger partial charge in [0.2, 0.25) is 5.95 Å². The van der Waals surface area contributed by atoms with Crippen molar-refractivity contribution in [1.82, 2.24) is 24.3 Å². The molecule has 2 aliphatic rings. The second-order valence-electron chi connectivity index (χ2n) is 9.79. The van der Waals surface area contributed by atoms with Gasteiger partial charge >= 0.3 is 0 Å². The van der Waals surface area contributed by atoms with Gasteiger partial charge in [-0.25, -0.2) is 15.0 Å². The van der Waals surface area contributed by atoms with Gasteiger partial charge in [0.15, 0.2) is 0 Å². The second kappa shape index (κ2) is 8.40. The van der Waals surface area contributed by atoms with E-state index in [0.29, 0.717) is 18.1 Å². The number of benzene rings is 1. The van der Waals surface area contributed by atoms with E-state index >= 15 is 0 Å². The predicted octanol–water partition coefficient (Wildman–Crippen LogP) is 4.64. The summed E-state index contributed by atoms with van der Waals surface area (Å²) in [7, 11) is 0. The molecule has 1 aromatic carbocycles. The summed E-state index contributed by atoms with van der Waals surface area (Å²) in [5.74, 6) is 1.83. The summed E-state index contributed by atoms with van der Waals surface area (Å²) in [6.07, 6.45) is 6.95. The molecule has 4 aromatic rings. The first-order chi connectivity index (χ1) is 16.6. The molecule has 0 amide bonds. The molecule has 7 heteroatoms. The topological polar surface area (TPSA) is 61.6 Å². The average Bonchev–Trinajstić information content (AvgIpc) is 3.60. The van der Waals surface area contributed by atoms with Crippen molar-refractivity contribution in [1.29, 1.82) is 0 Å². The van der Waals surface area contributed by atoms with Crippen molar-refractivity contribution in [3.8, 4) is 11.3 Å². The minimum atomic E-state index is 0.159. The third-order valence-corrected chi connectivity index (χ3v) is 7.29. The number of fused-ring (bicyclic) bond motifs is 3. The molecule has 3 aromatic heterocycles. The Morgan fingerprint density at radius 2 is 1.79 bits per heavy atom. The maximum atomic E-state index is 5.17. The maximum Gasteiger partial charge on any atom is 0.212 e.